The first-order valence-electron chi connectivity index (χ1n) is 6.25. The number of nitro benzene ring substituents is 1. The molecule has 1 aromatic rings. The maximum absolute atomic E-state index is 12.9. The SMILES string of the molecule is C[C@H]1CN(c2ccc([N+](=O)[O-])c(C(F)(F)F)c2)[C@H](C(F)(F)F)O1. The molecular weight excluding hydrogens is 334 g/mol. The van der Waals surface area contributed by atoms with E-state index in [0.29, 0.717) is 17.0 Å². The number of halogens is 6. The molecule has 1 heterocycles. The largest absolute Gasteiger partial charge is 0.433 e. The van der Waals surface area contributed by atoms with Crippen LogP contribution in [0.15, 0.2) is 18.2 Å². The van der Waals surface area contributed by atoms with Gasteiger partial charge in [0, 0.05) is 18.3 Å². The number of rotatable bonds is 2. The van der Waals surface area contributed by atoms with Gasteiger partial charge in [-0.1, -0.05) is 0 Å². The third-order valence-electron chi connectivity index (χ3n) is 3.19. The van der Waals surface area contributed by atoms with E-state index >= 15 is 0 Å². The molecule has 23 heavy (non-hydrogen) atoms. The van der Waals surface area contributed by atoms with Gasteiger partial charge in [-0.25, -0.2) is 0 Å². The van der Waals surface area contributed by atoms with Gasteiger partial charge in [0.05, 0.1) is 11.0 Å². The molecule has 0 radical (unpaired) electrons. The summed E-state index contributed by atoms with van der Waals surface area (Å²) in [6.07, 6.45) is -13.1. The van der Waals surface area contributed by atoms with Gasteiger partial charge in [-0.15, -0.1) is 0 Å². The van der Waals surface area contributed by atoms with Crippen molar-refractivity contribution in [2.24, 2.45) is 0 Å². The molecule has 128 valence electrons. The summed E-state index contributed by atoms with van der Waals surface area (Å²) in [5, 5.41) is 10.7. The van der Waals surface area contributed by atoms with Crippen molar-refractivity contribution in [1.82, 2.24) is 0 Å². The first-order valence-corrected chi connectivity index (χ1v) is 6.25. The highest BCUT2D eigenvalue weighted by molar-refractivity contribution is 5.57. The van der Waals surface area contributed by atoms with Crippen LogP contribution < -0.4 is 4.90 Å². The molecule has 2 atom stereocenters. The first-order chi connectivity index (χ1) is 10.4. The zero-order valence-electron chi connectivity index (χ0n) is 11.5. The van der Waals surface area contributed by atoms with Crippen LogP contribution in [0, 0.1) is 10.1 Å². The highest BCUT2D eigenvalue weighted by Gasteiger charge is 2.50. The Bertz CT molecular complexity index is 616. The number of hydrogen-bond acceptors (Lipinski definition) is 4. The van der Waals surface area contributed by atoms with Gasteiger partial charge in [-0.05, 0) is 19.1 Å². The van der Waals surface area contributed by atoms with Gasteiger partial charge < -0.3 is 9.64 Å². The van der Waals surface area contributed by atoms with Crippen LogP contribution in [0.2, 0.25) is 0 Å². The highest BCUT2D eigenvalue weighted by Crippen LogP contribution is 2.41. The second-order valence-electron chi connectivity index (χ2n) is 4.95. The lowest BCUT2D eigenvalue weighted by atomic mass is 10.1. The molecule has 1 aliphatic heterocycles. The maximum Gasteiger partial charge on any atom is 0.433 e. The fraction of sp³-hybridized carbons (Fsp3) is 0.500. The topological polar surface area (TPSA) is 55.6 Å². The average molecular weight is 344 g/mol. The normalized spacial score (nSPS) is 22.5. The van der Waals surface area contributed by atoms with Crippen LogP contribution in [0.3, 0.4) is 0 Å². The highest BCUT2D eigenvalue weighted by atomic mass is 19.4. The zero-order valence-corrected chi connectivity index (χ0v) is 11.5. The third kappa shape index (κ3) is 3.49. The van der Waals surface area contributed by atoms with Gasteiger partial charge in [0.15, 0.2) is 0 Å². The van der Waals surface area contributed by atoms with Crippen LogP contribution in [-0.2, 0) is 10.9 Å². The molecule has 0 amide bonds. The summed E-state index contributed by atoms with van der Waals surface area (Å²) < 4.78 is 82.1. The monoisotopic (exact) mass is 344 g/mol. The molecule has 0 bridgehead atoms. The minimum absolute atomic E-state index is 0.292. The summed E-state index contributed by atoms with van der Waals surface area (Å²) in [6.45, 7) is 1.05. The van der Waals surface area contributed by atoms with Crippen LogP contribution in [0.1, 0.15) is 12.5 Å². The molecule has 5 nitrogen and oxygen atoms in total. The second-order valence-corrected chi connectivity index (χ2v) is 4.95. The van der Waals surface area contributed by atoms with Crippen LogP contribution in [-0.4, -0.2) is 30.0 Å². The Labute approximate surface area is 125 Å². The van der Waals surface area contributed by atoms with E-state index in [-0.39, 0.29) is 6.54 Å². The summed E-state index contributed by atoms with van der Waals surface area (Å²) in [5.41, 5.74) is -3.28. The molecule has 0 aliphatic carbocycles. The molecule has 0 spiro atoms. The van der Waals surface area contributed by atoms with Crippen molar-refractivity contribution in [2.75, 3.05) is 11.4 Å². The molecular formula is C12H10F6N2O3. The lowest BCUT2D eigenvalue weighted by Gasteiger charge is -2.27. The molecule has 1 fully saturated rings. The number of benzene rings is 1. The Morgan fingerprint density at radius 3 is 2.35 bits per heavy atom. The van der Waals surface area contributed by atoms with E-state index in [1.165, 1.54) is 6.92 Å². The van der Waals surface area contributed by atoms with Crippen LogP contribution >= 0.6 is 0 Å². The minimum atomic E-state index is -5.07. The van der Waals surface area contributed by atoms with Crippen LogP contribution in [0.5, 0.6) is 0 Å². The molecule has 0 aromatic heterocycles. The zero-order chi connectivity index (χ0) is 17.6. The molecule has 0 N–H and O–H groups in total. The van der Waals surface area contributed by atoms with Crippen molar-refractivity contribution in [3.05, 3.63) is 33.9 Å². The average Bonchev–Trinajstić information content (AvgIpc) is 2.79. The molecule has 11 heteroatoms. The quantitative estimate of drug-likeness (QED) is 0.466. The van der Waals surface area contributed by atoms with Crippen molar-refractivity contribution in [3.63, 3.8) is 0 Å². The summed E-state index contributed by atoms with van der Waals surface area (Å²) in [7, 11) is 0. The number of nitro groups is 1. The first kappa shape index (κ1) is 17.3. The minimum Gasteiger partial charge on any atom is -0.345 e. The Balaban J connectivity index is 2.50. The Kier molecular flexibility index (Phi) is 4.18. The smallest absolute Gasteiger partial charge is 0.345 e. The summed E-state index contributed by atoms with van der Waals surface area (Å²) in [5.74, 6) is 0. The second kappa shape index (κ2) is 5.55. The maximum atomic E-state index is 12.9. The Hall–Kier alpha value is -2.04. The van der Waals surface area contributed by atoms with Crippen LogP contribution in [0.25, 0.3) is 0 Å². The van der Waals surface area contributed by atoms with Gasteiger partial charge in [-0.3, -0.25) is 10.1 Å². The number of ether oxygens (including phenoxy) is 1. The summed E-state index contributed by atoms with van der Waals surface area (Å²) in [6, 6.07) is 1.71. The molecule has 0 unspecified atom stereocenters. The predicted octanol–water partition coefficient (Wildman–Crippen LogP) is 3.73. The summed E-state index contributed by atoms with van der Waals surface area (Å²) in [4.78, 5) is 10.0. The van der Waals surface area contributed by atoms with E-state index < -0.39 is 46.5 Å². The molecule has 2 rings (SSSR count). The van der Waals surface area contributed by atoms with Crippen molar-refractivity contribution in [1.29, 1.82) is 0 Å². The Morgan fingerprint density at radius 1 is 1.26 bits per heavy atom. The number of alkyl halides is 6. The molecule has 1 aliphatic rings. The van der Waals surface area contributed by atoms with Crippen molar-refractivity contribution in [3.8, 4) is 0 Å². The van der Waals surface area contributed by atoms with E-state index in [1.807, 2.05) is 0 Å². The van der Waals surface area contributed by atoms with Crippen molar-refractivity contribution in [2.45, 2.75) is 31.6 Å². The number of hydrogen-bond donors (Lipinski definition) is 0. The molecule has 1 aromatic carbocycles. The number of nitrogens with zero attached hydrogens (tertiary/aromatic N) is 2. The van der Waals surface area contributed by atoms with Gasteiger partial charge >= 0.3 is 12.4 Å². The van der Waals surface area contributed by atoms with E-state index in [0.717, 1.165) is 6.07 Å². The van der Waals surface area contributed by atoms with E-state index in [1.54, 1.807) is 0 Å². The third-order valence-corrected chi connectivity index (χ3v) is 3.19. The Morgan fingerprint density at radius 2 is 1.87 bits per heavy atom. The fourth-order valence-electron chi connectivity index (χ4n) is 2.29. The van der Waals surface area contributed by atoms with E-state index in [4.69, 9.17) is 0 Å². The molecule has 1 saturated heterocycles. The fourth-order valence-corrected chi connectivity index (χ4v) is 2.29. The predicted molar refractivity (Wildman–Crippen MR) is 65.8 cm³/mol. The van der Waals surface area contributed by atoms with Gasteiger partial charge in [0.2, 0.25) is 6.23 Å². The standard InChI is InChI=1S/C12H10F6N2O3/c1-6-5-19(10(23-6)12(16,17)18)7-2-3-9(20(21)22)8(4-7)11(13,14)15/h2-4,6,10H,5H2,1H3/t6-,10-/m0/s1. The van der Waals surface area contributed by atoms with Crippen molar-refractivity contribution < 1.29 is 36.0 Å². The lowest BCUT2D eigenvalue weighted by Crippen LogP contribution is -2.42. The molecule has 0 saturated carbocycles. The van der Waals surface area contributed by atoms with E-state index in [9.17, 15) is 36.5 Å². The lowest BCUT2D eigenvalue weighted by molar-refractivity contribution is -0.388. The van der Waals surface area contributed by atoms with E-state index in [2.05, 4.69) is 4.74 Å². The van der Waals surface area contributed by atoms with Gasteiger partial charge in [0.25, 0.3) is 5.69 Å². The summed E-state index contributed by atoms with van der Waals surface area (Å²) >= 11 is 0. The van der Waals surface area contributed by atoms with Gasteiger partial charge in [-0.2, -0.15) is 26.3 Å². The van der Waals surface area contributed by atoms with Crippen molar-refractivity contribution >= 4 is 11.4 Å². The number of anilines is 1. The van der Waals surface area contributed by atoms with Gasteiger partial charge in [0.1, 0.15) is 5.56 Å². The van der Waals surface area contributed by atoms with Crippen LogP contribution in [0.4, 0.5) is 37.7 Å².